The molecule has 1 aliphatic heterocycles. The van der Waals surface area contributed by atoms with Crippen LogP contribution >= 0.6 is 11.8 Å². The van der Waals surface area contributed by atoms with Crippen molar-refractivity contribution < 1.29 is 4.79 Å². The molecule has 2 heterocycles. The lowest BCUT2D eigenvalue weighted by atomic mass is 9.78. The summed E-state index contributed by atoms with van der Waals surface area (Å²) in [6.07, 6.45) is 11.4. The molecule has 2 aromatic rings. The van der Waals surface area contributed by atoms with Gasteiger partial charge < -0.3 is 4.90 Å². The number of aryl methyl sites for hydroxylation is 1. The zero-order chi connectivity index (χ0) is 18.8. The van der Waals surface area contributed by atoms with Crippen LogP contribution < -0.4 is 0 Å². The van der Waals surface area contributed by atoms with Gasteiger partial charge in [-0.05, 0) is 62.6 Å². The fraction of sp³-hybridized carbons (Fsp3) is 0.545. The molecule has 2 fully saturated rings. The maximum Gasteiger partial charge on any atom is 0.233 e. The van der Waals surface area contributed by atoms with E-state index in [0.717, 1.165) is 29.7 Å². The maximum atomic E-state index is 13.0. The van der Waals surface area contributed by atoms with E-state index in [0.29, 0.717) is 11.8 Å². The minimum absolute atomic E-state index is 0.284. The van der Waals surface area contributed by atoms with Crippen molar-refractivity contribution in [3.05, 3.63) is 41.7 Å². The van der Waals surface area contributed by atoms with E-state index in [1.165, 1.54) is 43.2 Å². The van der Waals surface area contributed by atoms with Crippen LogP contribution in [-0.4, -0.2) is 38.7 Å². The molecule has 144 valence electrons. The van der Waals surface area contributed by atoms with Gasteiger partial charge in [0.25, 0.3) is 0 Å². The van der Waals surface area contributed by atoms with Gasteiger partial charge in [-0.25, -0.2) is 4.98 Å². The van der Waals surface area contributed by atoms with Gasteiger partial charge in [-0.2, -0.15) is 0 Å². The van der Waals surface area contributed by atoms with Crippen LogP contribution in [0.2, 0.25) is 0 Å². The Bertz CT molecular complexity index is 814. The number of carbonyl (C=O) groups excluding carboxylic acids is 1. The molecule has 4 nitrogen and oxygen atoms in total. The highest BCUT2D eigenvalue weighted by atomic mass is 32.2. The molecule has 2 atom stereocenters. The summed E-state index contributed by atoms with van der Waals surface area (Å²) in [7, 11) is 0. The molecule has 4 rings (SSSR count). The number of benzene rings is 1. The standard InChI is InChI=1S/C22H29N3OS/c1-16-7-5-11-19(17(16)2)25-14-12-23-22(25)27-15-21(26)24-13-6-9-18-8-3-4-10-20(18)24/h5,7,11-12,14,18,20H,3-4,6,8-10,13,15H2,1-2H3. The second kappa shape index (κ2) is 8.09. The Morgan fingerprint density at radius 3 is 2.89 bits per heavy atom. The van der Waals surface area contributed by atoms with Crippen LogP contribution in [0.25, 0.3) is 5.69 Å². The minimum atomic E-state index is 0.284. The SMILES string of the molecule is Cc1cccc(-n2ccnc2SCC(=O)N2CCCC3CCCCC32)c1C. The van der Waals surface area contributed by atoms with Crippen molar-refractivity contribution in [1.29, 1.82) is 0 Å². The molecular weight excluding hydrogens is 354 g/mol. The summed E-state index contributed by atoms with van der Waals surface area (Å²) in [5.41, 5.74) is 3.67. The molecule has 0 bridgehead atoms. The Labute approximate surface area is 166 Å². The van der Waals surface area contributed by atoms with Crippen LogP contribution in [0.4, 0.5) is 0 Å². The number of imidazole rings is 1. The Hall–Kier alpha value is -1.75. The average molecular weight is 384 g/mol. The van der Waals surface area contributed by atoms with Crippen LogP contribution in [0, 0.1) is 19.8 Å². The number of hydrogen-bond acceptors (Lipinski definition) is 3. The zero-order valence-corrected chi connectivity index (χ0v) is 17.2. The molecule has 2 unspecified atom stereocenters. The fourth-order valence-corrected chi connectivity index (χ4v) is 5.57. The number of carbonyl (C=O) groups is 1. The van der Waals surface area contributed by atoms with Crippen molar-refractivity contribution in [2.24, 2.45) is 5.92 Å². The predicted molar refractivity (Wildman–Crippen MR) is 110 cm³/mol. The van der Waals surface area contributed by atoms with Gasteiger partial charge in [0.1, 0.15) is 0 Å². The quantitative estimate of drug-likeness (QED) is 0.714. The van der Waals surface area contributed by atoms with E-state index in [-0.39, 0.29) is 5.91 Å². The molecule has 2 aliphatic rings. The molecule has 1 aromatic carbocycles. The Morgan fingerprint density at radius 2 is 2.00 bits per heavy atom. The van der Waals surface area contributed by atoms with Gasteiger partial charge in [0.15, 0.2) is 5.16 Å². The second-order valence-electron chi connectivity index (χ2n) is 7.93. The normalized spacial score (nSPS) is 22.5. The number of piperidine rings is 1. The number of rotatable bonds is 4. The van der Waals surface area contributed by atoms with Gasteiger partial charge in [0, 0.05) is 25.0 Å². The van der Waals surface area contributed by atoms with E-state index in [1.807, 2.05) is 12.4 Å². The zero-order valence-electron chi connectivity index (χ0n) is 16.4. The number of nitrogens with zero attached hydrogens (tertiary/aromatic N) is 3. The Kier molecular flexibility index (Phi) is 5.58. The molecule has 0 radical (unpaired) electrons. The smallest absolute Gasteiger partial charge is 0.233 e. The van der Waals surface area contributed by atoms with E-state index in [9.17, 15) is 4.79 Å². The summed E-state index contributed by atoms with van der Waals surface area (Å²) in [6.45, 7) is 5.20. The van der Waals surface area contributed by atoms with Gasteiger partial charge in [-0.3, -0.25) is 9.36 Å². The van der Waals surface area contributed by atoms with Crippen LogP contribution in [0.15, 0.2) is 35.7 Å². The third kappa shape index (κ3) is 3.79. The molecule has 1 saturated heterocycles. The number of hydrogen-bond donors (Lipinski definition) is 0. The van der Waals surface area contributed by atoms with Crippen LogP contribution in [0.1, 0.15) is 49.7 Å². The van der Waals surface area contributed by atoms with Gasteiger partial charge in [0.2, 0.25) is 5.91 Å². The van der Waals surface area contributed by atoms with Crippen molar-refractivity contribution in [2.75, 3.05) is 12.3 Å². The lowest BCUT2D eigenvalue weighted by Gasteiger charge is -2.44. The molecule has 27 heavy (non-hydrogen) atoms. The summed E-state index contributed by atoms with van der Waals surface area (Å²) in [4.78, 5) is 19.7. The van der Waals surface area contributed by atoms with E-state index < -0.39 is 0 Å². The number of thioether (sulfide) groups is 1. The third-order valence-electron chi connectivity index (χ3n) is 6.33. The van der Waals surface area contributed by atoms with Gasteiger partial charge >= 0.3 is 0 Å². The molecule has 1 aromatic heterocycles. The Morgan fingerprint density at radius 1 is 1.19 bits per heavy atom. The molecular formula is C22H29N3OS. The maximum absolute atomic E-state index is 13.0. The van der Waals surface area contributed by atoms with E-state index >= 15 is 0 Å². The third-order valence-corrected chi connectivity index (χ3v) is 7.28. The monoisotopic (exact) mass is 383 g/mol. The minimum Gasteiger partial charge on any atom is -0.339 e. The van der Waals surface area contributed by atoms with E-state index in [2.05, 4.69) is 46.5 Å². The summed E-state index contributed by atoms with van der Waals surface area (Å²) in [5, 5.41) is 0.897. The largest absolute Gasteiger partial charge is 0.339 e. The topological polar surface area (TPSA) is 38.1 Å². The highest BCUT2D eigenvalue weighted by Gasteiger charge is 2.35. The predicted octanol–water partition coefficient (Wildman–Crippen LogP) is 4.76. The van der Waals surface area contributed by atoms with Crippen molar-refractivity contribution in [3.63, 3.8) is 0 Å². The molecule has 1 aliphatic carbocycles. The highest BCUT2D eigenvalue weighted by molar-refractivity contribution is 7.99. The van der Waals surface area contributed by atoms with Gasteiger partial charge in [-0.1, -0.05) is 36.7 Å². The summed E-state index contributed by atoms with van der Waals surface area (Å²) < 4.78 is 2.11. The van der Waals surface area contributed by atoms with E-state index in [4.69, 9.17) is 0 Å². The first-order chi connectivity index (χ1) is 13.1. The first-order valence-corrected chi connectivity index (χ1v) is 11.2. The fourth-order valence-electron chi connectivity index (χ4n) is 4.72. The highest BCUT2D eigenvalue weighted by Crippen LogP contribution is 2.35. The second-order valence-corrected chi connectivity index (χ2v) is 8.87. The summed E-state index contributed by atoms with van der Waals surface area (Å²) in [5.74, 6) is 1.50. The molecule has 0 spiro atoms. The number of aromatic nitrogens is 2. The average Bonchev–Trinajstić information content (AvgIpc) is 3.16. The van der Waals surface area contributed by atoms with Crippen molar-refractivity contribution in [1.82, 2.24) is 14.5 Å². The summed E-state index contributed by atoms with van der Waals surface area (Å²) >= 11 is 1.56. The molecule has 1 saturated carbocycles. The van der Waals surface area contributed by atoms with Crippen molar-refractivity contribution in [3.8, 4) is 5.69 Å². The molecule has 5 heteroatoms. The number of fused-ring (bicyclic) bond motifs is 1. The van der Waals surface area contributed by atoms with Crippen LogP contribution in [0.5, 0.6) is 0 Å². The van der Waals surface area contributed by atoms with Crippen molar-refractivity contribution in [2.45, 2.75) is 63.6 Å². The lowest BCUT2D eigenvalue weighted by molar-refractivity contribution is -0.134. The van der Waals surface area contributed by atoms with Crippen LogP contribution in [0.3, 0.4) is 0 Å². The van der Waals surface area contributed by atoms with Crippen molar-refractivity contribution >= 4 is 17.7 Å². The van der Waals surface area contributed by atoms with E-state index in [1.54, 1.807) is 11.8 Å². The molecule has 1 amide bonds. The van der Waals surface area contributed by atoms with Crippen LogP contribution in [-0.2, 0) is 4.79 Å². The lowest BCUT2D eigenvalue weighted by Crippen LogP contribution is -2.50. The number of likely N-dealkylation sites (tertiary alicyclic amines) is 1. The first kappa shape index (κ1) is 18.6. The molecule has 0 N–H and O–H groups in total. The number of amides is 1. The van der Waals surface area contributed by atoms with Gasteiger partial charge in [0.05, 0.1) is 11.4 Å². The Balaban J connectivity index is 1.46. The summed E-state index contributed by atoms with van der Waals surface area (Å²) in [6, 6.07) is 6.81. The first-order valence-electron chi connectivity index (χ1n) is 10.2. The van der Waals surface area contributed by atoms with Gasteiger partial charge in [-0.15, -0.1) is 0 Å².